The molecular formula is C18H29FN2O2. The van der Waals surface area contributed by atoms with E-state index >= 15 is 0 Å². The smallest absolute Gasteiger partial charge is 0.201 e. The summed E-state index contributed by atoms with van der Waals surface area (Å²) in [7, 11) is 0. The summed E-state index contributed by atoms with van der Waals surface area (Å²) in [6.45, 7) is 10.9. The Hall–Kier alpha value is -1.20. The van der Waals surface area contributed by atoms with Crippen LogP contribution in [0.2, 0.25) is 0 Å². The number of halogens is 1. The third kappa shape index (κ3) is 5.43. The quantitative estimate of drug-likeness (QED) is 0.717. The van der Waals surface area contributed by atoms with Gasteiger partial charge >= 0.3 is 0 Å². The van der Waals surface area contributed by atoms with Crippen molar-refractivity contribution in [1.82, 2.24) is 4.98 Å². The molecular weight excluding hydrogens is 295 g/mol. The van der Waals surface area contributed by atoms with Crippen LogP contribution in [0.15, 0.2) is 6.07 Å². The number of ether oxygens (including phenoxy) is 2. The van der Waals surface area contributed by atoms with Crippen LogP contribution in [0.1, 0.15) is 65.1 Å². The fourth-order valence-electron chi connectivity index (χ4n) is 2.47. The Bertz CT molecular complexity index is 518. The number of pyridine rings is 1. The average molecular weight is 324 g/mol. The third-order valence-electron chi connectivity index (χ3n) is 3.61. The highest BCUT2D eigenvalue weighted by Crippen LogP contribution is 2.35. The predicted molar refractivity (Wildman–Crippen MR) is 90.0 cm³/mol. The maximum absolute atomic E-state index is 14.8. The van der Waals surface area contributed by atoms with Crippen LogP contribution in [0.5, 0.6) is 0 Å². The molecule has 1 aliphatic rings. The number of aromatic nitrogens is 1. The SMILES string of the molecule is CCOC(OCC)c1cc(NC(C)(C)C)c(F)c(CC2CC2)n1. The summed E-state index contributed by atoms with van der Waals surface area (Å²) in [6, 6.07) is 1.72. The lowest BCUT2D eigenvalue weighted by Gasteiger charge is -2.25. The maximum atomic E-state index is 14.8. The van der Waals surface area contributed by atoms with Gasteiger partial charge in [-0.05, 0) is 65.9 Å². The molecule has 1 heterocycles. The molecule has 1 N–H and O–H groups in total. The Labute approximate surface area is 138 Å². The number of nitrogens with zero attached hydrogens (tertiary/aromatic N) is 1. The minimum Gasteiger partial charge on any atom is -0.378 e. The highest BCUT2D eigenvalue weighted by atomic mass is 19.1. The molecule has 0 amide bonds. The highest BCUT2D eigenvalue weighted by molar-refractivity contribution is 5.49. The molecule has 1 fully saturated rings. The van der Waals surface area contributed by atoms with Gasteiger partial charge in [0.05, 0.1) is 17.1 Å². The second kappa shape index (κ2) is 7.58. The summed E-state index contributed by atoms with van der Waals surface area (Å²) in [4.78, 5) is 4.52. The van der Waals surface area contributed by atoms with Crippen LogP contribution in [0.3, 0.4) is 0 Å². The van der Waals surface area contributed by atoms with Gasteiger partial charge in [-0.25, -0.2) is 9.37 Å². The van der Waals surface area contributed by atoms with E-state index in [1.807, 2.05) is 34.6 Å². The van der Waals surface area contributed by atoms with Gasteiger partial charge in [-0.3, -0.25) is 0 Å². The van der Waals surface area contributed by atoms with Crippen molar-refractivity contribution in [2.45, 2.75) is 65.7 Å². The summed E-state index contributed by atoms with van der Waals surface area (Å²) in [5, 5.41) is 3.24. The molecule has 0 bridgehead atoms. The summed E-state index contributed by atoms with van der Waals surface area (Å²) in [5.74, 6) is 0.315. The lowest BCUT2D eigenvalue weighted by Crippen LogP contribution is -2.27. The topological polar surface area (TPSA) is 43.4 Å². The molecule has 1 saturated carbocycles. The zero-order valence-corrected chi connectivity index (χ0v) is 14.9. The lowest BCUT2D eigenvalue weighted by atomic mass is 10.1. The van der Waals surface area contributed by atoms with E-state index in [4.69, 9.17) is 9.47 Å². The number of hydrogen-bond donors (Lipinski definition) is 1. The molecule has 130 valence electrons. The summed E-state index contributed by atoms with van der Waals surface area (Å²) >= 11 is 0. The molecule has 23 heavy (non-hydrogen) atoms. The van der Waals surface area contributed by atoms with Gasteiger partial charge in [0, 0.05) is 18.8 Å². The van der Waals surface area contributed by atoms with Crippen molar-refractivity contribution in [3.8, 4) is 0 Å². The maximum Gasteiger partial charge on any atom is 0.201 e. The third-order valence-corrected chi connectivity index (χ3v) is 3.61. The van der Waals surface area contributed by atoms with Crippen LogP contribution in [0.4, 0.5) is 10.1 Å². The van der Waals surface area contributed by atoms with E-state index in [1.165, 1.54) is 0 Å². The average Bonchev–Trinajstić information content (AvgIpc) is 3.25. The van der Waals surface area contributed by atoms with Crippen molar-refractivity contribution in [3.05, 3.63) is 23.3 Å². The molecule has 1 aromatic rings. The first kappa shape index (κ1) is 18.1. The van der Waals surface area contributed by atoms with Gasteiger partial charge in [-0.1, -0.05) is 0 Å². The summed E-state index contributed by atoms with van der Waals surface area (Å²) in [6.07, 6.45) is 2.45. The largest absolute Gasteiger partial charge is 0.378 e. The zero-order chi connectivity index (χ0) is 17.0. The normalized spacial score (nSPS) is 15.3. The van der Waals surface area contributed by atoms with Crippen LogP contribution >= 0.6 is 0 Å². The molecule has 0 radical (unpaired) electrons. The van der Waals surface area contributed by atoms with Crippen LogP contribution in [-0.4, -0.2) is 23.7 Å². The van der Waals surface area contributed by atoms with Gasteiger partial charge in [0.25, 0.3) is 0 Å². The van der Waals surface area contributed by atoms with E-state index in [1.54, 1.807) is 6.07 Å². The van der Waals surface area contributed by atoms with E-state index in [9.17, 15) is 4.39 Å². The standard InChI is InChI=1S/C18H29FN2O2/c1-6-22-17(23-7-2)15-11-14(21-18(3,4)5)16(19)13(20-15)10-12-8-9-12/h11-12,17H,6-10H2,1-5H3,(H,20,21). The van der Waals surface area contributed by atoms with Crippen molar-refractivity contribution in [1.29, 1.82) is 0 Å². The summed E-state index contributed by atoms with van der Waals surface area (Å²) < 4.78 is 26.1. The Morgan fingerprint density at radius 3 is 2.35 bits per heavy atom. The van der Waals surface area contributed by atoms with Crippen molar-refractivity contribution in [2.75, 3.05) is 18.5 Å². The number of nitrogens with one attached hydrogen (secondary N) is 1. The van der Waals surface area contributed by atoms with Gasteiger partial charge < -0.3 is 14.8 Å². The summed E-state index contributed by atoms with van der Waals surface area (Å²) in [5.41, 5.74) is 1.39. The predicted octanol–water partition coefficient (Wildman–Crippen LogP) is 4.46. The van der Waals surface area contributed by atoms with Crippen LogP contribution in [0.25, 0.3) is 0 Å². The Kier molecular flexibility index (Phi) is 5.98. The van der Waals surface area contributed by atoms with Gasteiger partial charge in [0.15, 0.2) is 5.82 Å². The van der Waals surface area contributed by atoms with Crippen molar-refractivity contribution >= 4 is 5.69 Å². The lowest BCUT2D eigenvalue weighted by molar-refractivity contribution is -0.142. The second-order valence-corrected chi connectivity index (χ2v) is 7.12. The van der Waals surface area contributed by atoms with E-state index < -0.39 is 6.29 Å². The van der Waals surface area contributed by atoms with Crippen LogP contribution in [-0.2, 0) is 15.9 Å². The zero-order valence-electron chi connectivity index (χ0n) is 14.9. The fourth-order valence-corrected chi connectivity index (χ4v) is 2.47. The first-order valence-corrected chi connectivity index (χ1v) is 8.54. The van der Waals surface area contributed by atoms with Crippen LogP contribution in [0, 0.1) is 11.7 Å². The van der Waals surface area contributed by atoms with Crippen molar-refractivity contribution in [2.24, 2.45) is 5.92 Å². The minimum atomic E-state index is -0.552. The number of hydrogen-bond acceptors (Lipinski definition) is 4. The molecule has 1 aromatic heterocycles. The van der Waals surface area contributed by atoms with Crippen molar-refractivity contribution < 1.29 is 13.9 Å². The second-order valence-electron chi connectivity index (χ2n) is 7.12. The van der Waals surface area contributed by atoms with E-state index in [0.29, 0.717) is 42.6 Å². The van der Waals surface area contributed by atoms with Gasteiger partial charge in [0.2, 0.25) is 6.29 Å². The molecule has 0 aliphatic heterocycles. The van der Waals surface area contributed by atoms with Crippen molar-refractivity contribution in [3.63, 3.8) is 0 Å². The highest BCUT2D eigenvalue weighted by Gasteiger charge is 2.27. The van der Waals surface area contributed by atoms with Gasteiger partial charge in [-0.15, -0.1) is 0 Å². The fraction of sp³-hybridized carbons (Fsp3) is 0.722. The first-order chi connectivity index (χ1) is 10.8. The molecule has 4 nitrogen and oxygen atoms in total. The molecule has 0 spiro atoms. The van der Waals surface area contributed by atoms with E-state index in [-0.39, 0.29) is 11.4 Å². The first-order valence-electron chi connectivity index (χ1n) is 8.54. The molecule has 0 aromatic carbocycles. The Morgan fingerprint density at radius 1 is 1.26 bits per heavy atom. The monoisotopic (exact) mass is 324 g/mol. The van der Waals surface area contributed by atoms with E-state index in [0.717, 1.165) is 12.8 Å². The van der Waals surface area contributed by atoms with E-state index in [2.05, 4.69) is 10.3 Å². The number of rotatable bonds is 8. The molecule has 2 rings (SSSR count). The molecule has 0 saturated heterocycles. The van der Waals surface area contributed by atoms with Gasteiger partial charge in [0.1, 0.15) is 0 Å². The van der Waals surface area contributed by atoms with Crippen LogP contribution < -0.4 is 5.32 Å². The molecule has 0 atom stereocenters. The molecule has 5 heteroatoms. The van der Waals surface area contributed by atoms with Gasteiger partial charge in [-0.2, -0.15) is 0 Å². The molecule has 0 unspecified atom stereocenters. The number of anilines is 1. The Morgan fingerprint density at radius 2 is 1.87 bits per heavy atom. The minimum absolute atomic E-state index is 0.233. The molecule has 1 aliphatic carbocycles. The Balaban J connectivity index is 2.37.